The van der Waals surface area contributed by atoms with Crippen LogP contribution in [0.2, 0.25) is 0 Å². The molecule has 0 aliphatic rings. The van der Waals surface area contributed by atoms with Gasteiger partial charge in [0.1, 0.15) is 0 Å². The monoisotopic (exact) mass is 203 g/mol. The molecule has 3 N–H and O–H groups in total. The number of aromatic nitrogens is 1. The molecule has 0 bridgehead atoms. The van der Waals surface area contributed by atoms with Gasteiger partial charge >= 0.3 is 0 Å². The Morgan fingerprint density at radius 1 is 1.67 bits per heavy atom. The second-order valence-corrected chi connectivity index (χ2v) is 3.36. The normalized spacial score (nSPS) is 12.1. The zero-order chi connectivity index (χ0) is 11.1. The van der Waals surface area contributed by atoms with E-state index >= 15 is 0 Å². The largest absolute Gasteiger partial charge is 0.271 e. The maximum Gasteiger partial charge on any atom is 0.0644 e. The second kappa shape index (κ2) is 6.18. The Bertz CT molecular complexity index is 341. The van der Waals surface area contributed by atoms with Crippen molar-refractivity contribution in [2.24, 2.45) is 5.84 Å². The standard InChI is InChI=1S/C12H17N3/c1-3-5-8-11(15-13)12-10(4-2)7-6-9-14-12/h1,6-7,9,11,15H,4-5,8,13H2,2H3. The molecule has 1 aromatic rings. The van der Waals surface area contributed by atoms with Crippen molar-refractivity contribution >= 4 is 0 Å². The van der Waals surface area contributed by atoms with Gasteiger partial charge in [0.15, 0.2) is 0 Å². The summed E-state index contributed by atoms with van der Waals surface area (Å²) in [7, 11) is 0. The van der Waals surface area contributed by atoms with Crippen molar-refractivity contribution in [3.63, 3.8) is 0 Å². The van der Waals surface area contributed by atoms with Gasteiger partial charge in [-0.1, -0.05) is 13.0 Å². The average Bonchev–Trinajstić information content (AvgIpc) is 2.30. The van der Waals surface area contributed by atoms with E-state index < -0.39 is 0 Å². The first kappa shape index (κ1) is 11.7. The molecule has 80 valence electrons. The highest BCUT2D eigenvalue weighted by Crippen LogP contribution is 2.19. The van der Waals surface area contributed by atoms with Gasteiger partial charge in [-0.3, -0.25) is 16.3 Å². The summed E-state index contributed by atoms with van der Waals surface area (Å²) in [5.41, 5.74) is 5.00. The smallest absolute Gasteiger partial charge is 0.0644 e. The van der Waals surface area contributed by atoms with E-state index in [-0.39, 0.29) is 6.04 Å². The highest BCUT2D eigenvalue weighted by Gasteiger charge is 2.13. The molecule has 0 aliphatic heterocycles. The third-order valence-electron chi connectivity index (χ3n) is 2.42. The van der Waals surface area contributed by atoms with E-state index in [0.717, 1.165) is 18.5 Å². The number of terminal acetylenes is 1. The molecule has 0 fully saturated rings. The molecule has 1 atom stereocenters. The van der Waals surface area contributed by atoms with E-state index in [4.69, 9.17) is 12.3 Å². The minimum absolute atomic E-state index is 0.0530. The van der Waals surface area contributed by atoms with E-state index in [1.807, 2.05) is 6.07 Å². The summed E-state index contributed by atoms with van der Waals surface area (Å²) in [6.07, 6.45) is 9.50. The van der Waals surface area contributed by atoms with Crippen molar-refractivity contribution < 1.29 is 0 Å². The van der Waals surface area contributed by atoms with Crippen LogP contribution in [0, 0.1) is 12.3 Å². The van der Waals surface area contributed by atoms with Crippen molar-refractivity contribution in [3.05, 3.63) is 29.6 Å². The highest BCUT2D eigenvalue weighted by molar-refractivity contribution is 5.22. The van der Waals surface area contributed by atoms with E-state index in [0.29, 0.717) is 6.42 Å². The molecular formula is C12H17N3. The van der Waals surface area contributed by atoms with Gasteiger partial charge in [0, 0.05) is 12.6 Å². The summed E-state index contributed by atoms with van der Waals surface area (Å²) < 4.78 is 0. The molecule has 1 aromatic heterocycles. The summed E-state index contributed by atoms with van der Waals surface area (Å²) in [6, 6.07) is 4.07. The topological polar surface area (TPSA) is 50.9 Å². The number of rotatable bonds is 5. The van der Waals surface area contributed by atoms with Gasteiger partial charge in [-0.2, -0.15) is 0 Å². The van der Waals surface area contributed by atoms with Gasteiger partial charge in [-0.25, -0.2) is 0 Å². The Balaban J connectivity index is 2.86. The van der Waals surface area contributed by atoms with E-state index in [1.165, 1.54) is 5.56 Å². The first-order valence-corrected chi connectivity index (χ1v) is 5.16. The van der Waals surface area contributed by atoms with Crippen LogP contribution in [0.1, 0.15) is 37.1 Å². The minimum atomic E-state index is 0.0530. The number of nitrogens with one attached hydrogen (secondary N) is 1. The summed E-state index contributed by atoms with van der Waals surface area (Å²) in [5.74, 6) is 8.13. The van der Waals surface area contributed by atoms with Gasteiger partial charge in [0.25, 0.3) is 0 Å². The van der Waals surface area contributed by atoms with Gasteiger partial charge < -0.3 is 0 Å². The number of hydrogen-bond donors (Lipinski definition) is 2. The predicted octanol–water partition coefficient (Wildman–Crippen LogP) is 1.56. The molecule has 3 nitrogen and oxygen atoms in total. The molecule has 1 heterocycles. The van der Waals surface area contributed by atoms with Crippen molar-refractivity contribution in [2.75, 3.05) is 0 Å². The molecule has 0 aliphatic carbocycles. The van der Waals surface area contributed by atoms with Crippen LogP contribution in [0.25, 0.3) is 0 Å². The molecule has 0 aromatic carbocycles. The van der Waals surface area contributed by atoms with Crippen LogP contribution in [0.5, 0.6) is 0 Å². The number of hydrogen-bond acceptors (Lipinski definition) is 3. The quantitative estimate of drug-likeness (QED) is 0.434. The maximum atomic E-state index is 5.51. The summed E-state index contributed by atoms with van der Waals surface area (Å²) in [4.78, 5) is 4.36. The van der Waals surface area contributed by atoms with Crippen molar-refractivity contribution in [1.82, 2.24) is 10.4 Å². The first-order valence-electron chi connectivity index (χ1n) is 5.16. The van der Waals surface area contributed by atoms with Gasteiger partial charge in [-0.05, 0) is 24.5 Å². The van der Waals surface area contributed by atoms with E-state index in [9.17, 15) is 0 Å². The number of hydrazine groups is 1. The lowest BCUT2D eigenvalue weighted by Crippen LogP contribution is -2.29. The van der Waals surface area contributed by atoms with Crippen LogP contribution in [0.15, 0.2) is 18.3 Å². The van der Waals surface area contributed by atoms with Crippen LogP contribution >= 0.6 is 0 Å². The van der Waals surface area contributed by atoms with Crippen LogP contribution < -0.4 is 11.3 Å². The average molecular weight is 203 g/mol. The Morgan fingerprint density at radius 2 is 2.47 bits per heavy atom. The minimum Gasteiger partial charge on any atom is -0.271 e. The second-order valence-electron chi connectivity index (χ2n) is 3.36. The number of aryl methyl sites for hydroxylation is 1. The lowest BCUT2D eigenvalue weighted by Gasteiger charge is -2.16. The summed E-state index contributed by atoms with van der Waals surface area (Å²) in [5, 5.41) is 0. The third kappa shape index (κ3) is 3.05. The van der Waals surface area contributed by atoms with Gasteiger partial charge in [0.2, 0.25) is 0 Å². The number of pyridine rings is 1. The Labute approximate surface area is 91.1 Å². The fraction of sp³-hybridized carbons (Fsp3) is 0.417. The Hall–Kier alpha value is -1.37. The first-order chi connectivity index (χ1) is 7.33. The molecule has 0 saturated carbocycles. The van der Waals surface area contributed by atoms with Gasteiger partial charge in [-0.15, -0.1) is 12.3 Å². The third-order valence-corrected chi connectivity index (χ3v) is 2.42. The SMILES string of the molecule is C#CCCC(NN)c1ncccc1CC. The number of nitrogens with two attached hydrogens (primary N) is 1. The molecule has 1 rings (SSSR count). The molecule has 0 spiro atoms. The van der Waals surface area contributed by atoms with Crippen LogP contribution in [0.4, 0.5) is 0 Å². The molecule has 15 heavy (non-hydrogen) atoms. The zero-order valence-electron chi connectivity index (χ0n) is 9.03. The fourth-order valence-corrected chi connectivity index (χ4v) is 1.59. The summed E-state index contributed by atoms with van der Waals surface area (Å²) in [6.45, 7) is 2.11. The molecule has 0 amide bonds. The van der Waals surface area contributed by atoms with E-state index in [2.05, 4.69) is 29.3 Å². The van der Waals surface area contributed by atoms with Crippen molar-refractivity contribution in [3.8, 4) is 12.3 Å². The summed E-state index contributed by atoms with van der Waals surface area (Å²) >= 11 is 0. The molecule has 1 unspecified atom stereocenters. The lowest BCUT2D eigenvalue weighted by molar-refractivity contribution is 0.507. The zero-order valence-corrected chi connectivity index (χ0v) is 9.03. The molecule has 3 heteroatoms. The predicted molar refractivity (Wildman–Crippen MR) is 61.7 cm³/mol. The Kier molecular flexibility index (Phi) is 4.82. The van der Waals surface area contributed by atoms with E-state index in [1.54, 1.807) is 6.20 Å². The van der Waals surface area contributed by atoms with Gasteiger partial charge in [0.05, 0.1) is 11.7 Å². The fourth-order valence-electron chi connectivity index (χ4n) is 1.59. The Morgan fingerprint density at radius 3 is 3.07 bits per heavy atom. The van der Waals surface area contributed by atoms with Crippen molar-refractivity contribution in [1.29, 1.82) is 0 Å². The van der Waals surface area contributed by atoms with Crippen LogP contribution in [0.3, 0.4) is 0 Å². The molecule has 0 radical (unpaired) electrons. The van der Waals surface area contributed by atoms with Crippen LogP contribution in [-0.2, 0) is 6.42 Å². The highest BCUT2D eigenvalue weighted by atomic mass is 15.2. The molecular weight excluding hydrogens is 186 g/mol. The maximum absolute atomic E-state index is 5.51. The van der Waals surface area contributed by atoms with Crippen molar-refractivity contribution in [2.45, 2.75) is 32.2 Å². The van der Waals surface area contributed by atoms with Crippen LogP contribution in [-0.4, -0.2) is 4.98 Å². The number of nitrogens with zero attached hydrogens (tertiary/aromatic N) is 1. The molecule has 0 saturated heterocycles. The lowest BCUT2D eigenvalue weighted by atomic mass is 10.0.